The van der Waals surface area contributed by atoms with Gasteiger partial charge in [0.2, 0.25) is 0 Å². The maximum atomic E-state index is 13.9. The highest BCUT2D eigenvalue weighted by molar-refractivity contribution is 5.94. The molecule has 198 valence electrons. The SMILES string of the molecule is CCCN(C(=O)c1ccc(C(C)(C)C)cc1)C(C)c1nc2ccccc2c(=O)n1-c1cc(C)ccc1OC. The minimum absolute atomic E-state index is 0.00404. The Morgan fingerprint density at radius 3 is 2.37 bits per heavy atom. The van der Waals surface area contributed by atoms with Gasteiger partial charge in [-0.1, -0.05) is 58.0 Å². The molecule has 4 aromatic rings. The summed E-state index contributed by atoms with van der Waals surface area (Å²) in [5.41, 5.74) is 3.77. The zero-order valence-corrected chi connectivity index (χ0v) is 23.4. The topological polar surface area (TPSA) is 64.4 Å². The molecule has 1 atom stereocenters. The molecule has 0 fully saturated rings. The van der Waals surface area contributed by atoms with Crippen molar-refractivity contribution in [3.05, 3.63) is 99.6 Å². The zero-order valence-electron chi connectivity index (χ0n) is 23.4. The standard InChI is InChI=1S/C32H37N3O3/c1-8-19-34(30(36)23-14-16-24(17-15-23)32(4,5)6)22(3)29-33-26-12-10-9-11-25(26)31(37)35(29)27-20-21(2)13-18-28(27)38-7/h9-18,20,22H,8,19H2,1-7H3. The molecule has 0 saturated heterocycles. The molecule has 0 aliphatic heterocycles. The number of carbonyl (C=O) groups is 1. The molecule has 0 spiro atoms. The van der Waals surface area contributed by atoms with E-state index in [2.05, 4.69) is 20.8 Å². The Hall–Kier alpha value is -3.93. The number of hydrogen-bond acceptors (Lipinski definition) is 4. The Morgan fingerprint density at radius 2 is 1.74 bits per heavy atom. The van der Waals surface area contributed by atoms with Gasteiger partial charge < -0.3 is 9.64 Å². The van der Waals surface area contributed by atoms with Gasteiger partial charge in [-0.2, -0.15) is 0 Å². The third-order valence-corrected chi connectivity index (χ3v) is 6.94. The average molecular weight is 512 g/mol. The lowest BCUT2D eigenvalue weighted by Crippen LogP contribution is -2.38. The number of amides is 1. The van der Waals surface area contributed by atoms with Gasteiger partial charge in [0.1, 0.15) is 11.6 Å². The highest BCUT2D eigenvalue weighted by atomic mass is 16.5. The molecule has 38 heavy (non-hydrogen) atoms. The van der Waals surface area contributed by atoms with Crippen molar-refractivity contribution in [2.24, 2.45) is 0 Å². The molecule has 4 rings (SSSR count). The van der Waals surface area contributed by atoms with Crippen molar-refractivity contribution >= 4 is 16.8 Å². The van der Waals surface area contributed by atoms with Gasteiger partial charge in [-0.15, -0.1) is 0 Å². The molecule has 6 heteroatoms. The van der Waals surface area contributed by atoms with Crippen LogP contribution in [-0.4, -0.2) is 34.0 Å². The molecule has 6 nitrogen and oxygen atoms in total. The molecule has 0 saturated carbocycles. The lowest BCUT2D eigenvalue weighted by Gasteiger charge is -2.31. The molecule has 0 bridgehead atoms. The second-order valence-electron chi connectivity index (χ2n) is 10.8. The Balaban J connectivity index is 1.90. The van der Waals surface area contributed by atoms with E-state index in [1.54, 1.807) is 22.6 Å². The van der Waals surface area contributed by atoms with E-state index >= 15 is 0 Å². The van der Waals surface area contributed by atoms with Crippen molar-refractivity contribution in [3.63, 3.8) is 0 Å². The molecule has 1 amide bonds. The van der Waals surface area contributed by atoms with Crippen LogP contribution in [0.4, 0.5) is 0 Å². The summed E-state index contributed by atoms with van der Waals surface area (Å²) in [6.45, 7) is 12.9. The van der Waals surface area contributed by atoms with E-state index in [1.165, 1.54) is 5.56 Å². The van der Waals surface area contributed by atoms with Crippen LogP contribution in [0.5, 0.6) is 5.75 Å². The summed E-state index contributed by atoms with van der Waals surface area (Å²) in [5.74, 6) is 0.963. The Labute approximate surface area is 224 Å². The number of hydrogen-bond donors (Lipinski definition) is 0. The molecule has 1 heterocycles. The highest BCUT2D eigenvalue weighted by Crippen LogP contribution is 2.30. The van der Waals surface area contributed by atoms with Crippen LogP contribution in [0.2, 0.25) is 0 Å². The van der Waals surface area contributed by atoms with E-state index < -0.39 is 6.04 Å². The number of methoxy groups -OCH3 is 1. The van der Waals surface area contributed by atoms with E-state index in [9.17, 15) is 9.59 Å². The molecular formula is C32H37N3O3. The maximum absolute atomic E-state index is 13.9. The molecular weight excluding hydrogens is 474 g/mol. The van der Waals surface area contributed by atoms with Crippen LogP contribution in [0.25, 0.3) is 16.6 Å². The van der Waals surface area contributed by atoms with Gasteiger partial charge in [-0.25, -0.2) is 4.98 Å². The van der Waals surface area contributed by atoms with Gasteiger partial charge in [-0.3, -0.25) is 14.2 Å². The first-order valence-electron chi connectivity index (χ1n) is 13.1. The van der Waals surface area contributed by atoms with Crippen molar-refractivity contribution in [3.8, 4) is 11.4 Å². The summed E-state index contributed by atoms with van der Waals surface area (Å²) in [6.07, 6.45) is 0.766. The predicted octanol–water partition coefficient (Wildman–Crippen LogP) is 6.61. The van der Waals surface area contributed by atoms with Gasteiger partial charge in [0, 0.05) is 12.1 Å². The fourth-order valence-electron chi connectivity index (χ4n) is 4.77. The van der Waals surface area contributed by atoms with Crippen molar-refractivity contribution in [2.75, 3.05) is 13.7 Å². The number of aryl methyl sites for hydroxylation is 1. The van der Waals surface area contributed by atoms with Crippen molar-refractivity contribution < 1.29 is 9.53 Å². The van der Waals surface area contributed by atoms with E-state index in [0.29, 0.717) is 40.3 Å². The fraction of sp³-hybridized carbons (Fsp3) is 0.344. The van der Waals surface area contributed by atoms with E-state index in [0.717, 1.165) is 12.0 Å². The normalized spacial score (nSPS) is 12.4. The number of carbonyl (C=O) groups excluding carboxylic acids is 1. The lowest BCUT2D eigenvalue weighted by molar-refractivity contribution is 0.0681. The van der Waals surface area contributed by atoms with Crippen LogP contribution < -0.4 is 10.3 Å². The third-order valence-electron chi connectivity index (χ3n) is 6.94. The Kier molecular flexibility index (Phi) is 7.72. The minimum Gasteiger partial charge on any atom is -0.495 e. The fourth-order valence-corrected chi connectivity index (χ4v) is 4.77. The lowest BCUT2D eigenvalue weighted by atomic mass is 9.86. The summed E-state index contributed by atoms with van der Waals surface area (Å²) in [5, 5.41) is 0.512. The van der Waals surface area contributed by atoms with E-state index in [-0.39, 0.29) is 16.9 Å². The summed E-state index contributed by atoms with van der Waals surface area (Å²) in [6, 6.07) is 20.4. The number of nitrogens with zero attached hydrogens (tertiary/aromatic N) is 3. The molecule has 1 aromatic heterocycles. The molecule has 1 unspecified atom stereocenters. The van der Waals surface area contributed by atoms with Crippen molar-refractivity contribution in [1.82, 2.24) is 14.5 Å². The highest BCUT2D eigenvalue weighted by Gasteiger charge is 2.28. The molecule has 0 aliphatic rings. The second-order valence-corrected chi connectivity index (χ2v) is 10.8. The molecule has 3 aromatic carbocycles. The van der Waals surface area contributed by atoms with Crippen molar-refractivity contribution in [1.29, 1.82) is 0 Å². The first kappa shape index (κ1) is 27.1. The van der Waals surface area contributed by atoms with E-state index in [1.807, 2.05) is 81.4 Å². The van der Waals surface area contributed by atoms with Crippen molar-refractivity contribution in [2.45, 2.75) is 59.4 Å². The smallest absolute Gasteiger partial charge is 0.266 e. The van der Waals surface area contributed by atoms with Crippen LogP contribution in [0.1, 0.15) is 74.4 Å². The van der Waals surface area contributed by atoms with Gasteiger partial charge in [-0.05, 0) is 73.2 Å². The van der Waals surface area contributed by atoms with Crippen LogP contribution in [0.3, 0.4) is 0 Å². The quantitative estimate of drug-likeness (QED) is 0.280. The number of para-hydroxylation sites is 1. The summed E-state index contributed by atoms with van der Waals surface area (Å²) in [7, 11) is 1.59. The largest absolute Gasteiger partial charge is 0.495 e. The number of rotatable bonds is 7. The summed E-state index contributed by atoms with van der Waals surface area (Å²) < 4.78 is 7.26. The van der Waals surface area contributed by atoms with Crippen LogP contribution in [0, 0.1) is 6.92 Å². The van der Waals surface area contributed by atoms with Gasteiger partial charge in [0.15, 0.2) is 0 Å². The molecule has 0 N–H and O–H groups in total. The summed E-state index contributed by atoms with van der Waals surface area (Å²) >= 11 is 0. The van der Waals surface area contributed by atoms with Crippen LogP contribution in [-0.2, 0) is 5.41 Å². The van der Waals surface area contributed by atoms with Crippen LogP contribution >= 0.6 is 0 Å². The third kappa shape index (κ3) is 5.21. The molecule has 0 radical (unpaired) electrons. The first-order chi connectivity index (χ1) is 18.1. The minimum atomic E-state index is -0.479. The first-order valence-corrected chi connectivity index (χ1v) is 13.1. The van der Waals surface area contributed by atoms with Gasteiger partial charge in [0.25, 0.3) is 11.5 Å². The predicted molar refractivity (Wildman–Crippen MR) is 154 cm³/mol. The monoisotopic (exact) mass is 511 g/mol. The Bertz CT molecular complexity index is 1510. The van der Waals surface area contributed by atoms with Gasteiger partial charge >= 0.3 is 0 Å². The number of benzene rings is 3. The van der Waals surface area contributed by atoms with Crippen LogP contribution in [0.15, 0.2) is 71.5 Å². The molecule has 0 aliphatic carbocycles. The zero-order chi connectivity index (χ0) is 27.6. The van der Waals surface area contributed by atoms with E-state index in [4.69, 9.17) is 9.72 Å². The average Bonchev–Trinajstić information content (AvgIpc) is 2.90. The number of fused-ring (bicyclic) bond motifs is 1. The number of ether oxygens (including phenoxy) is 1. The summed E-state index contributed by atoms with van der Waals surface area (Å²) in [4.78, 5) is 34.6. The van der Waals surface area contributed by atoms with Gasteiger partial charge in [0.05, 0.1) is 29.7 Å². The second kappa shape index (κ2) is 10.8. The number of aromatic nitrogens is 2. The Morgan fingerprint density at radius 1 is 1.05 bits per heavy atom. The maximum Gasteiger partial charge on any atom is 0.266 e.